The fraction of sp³-hybridized carbons (Fsp3) is 0.455. The van der Waals surface area contributed by atoms with Gasteiger partial charge in [-0.25, -0.2) is 14.0 Å². The van der Waals surface area contributed by atoms with Crippen LogP contribution in [0, 0.1) is 5.82 Å². The average Bonchev–Trinajstić information content (AvgIpc) is 3.57. The molecule has 0 aromatic heterocycles. The number of carbonyl (C=O) groups excluding carboxylic acids is 2. The van der Waals surface area contributed by atoms with Crippen molar-refractivity contribution in [1.82, 2.24) is 20.4 Å². The Labute approximate surface area is 170 Å². The fourth-order valence-electron chi connectivity index (χ4n) is 4.15. The molecule has 2 N–H and O–H groups in total. The highest BCUT2D eigenvalue weighted by Crippen LogP contribution is 2.31. The number of carbonyl (C=O) groups is 2. The number of urea groups is 2. The fourth-order valence-corrected chi connectivity index (χ4v) is 4.15. The second-order valence-electron chi connectivity index (χ2n) is 7.92. The van der Waals surface area contributed by atoms with Crippen molar-refractivity contribution in [2.75, 3.05) is 20.1 Å². The van der Waals surface area contributed by atoms with Crippen LogP contribution in [-0.4, -0.2) is 54.1 Å². The third kappa shape index (κ3) is 4.44. The number of fused-ring (bicyclic) bond motifs is 1. The molecule has 154 valence electrons. The van der Waals surface area contributed by atoms with E-state index in [1.807, 2.05) is 23.1 Å². The van der Waals surface area contributed by atoms with Gasteiger partial charge in [-0.05, 0) is 60.2 Å². The third-order valence-electron chi connectivity index (χ3n) is 5.78. The van der Waals surface area contributed by atoms with Crippen molar-refractivity contribution < 1.29 is 14.0 Å². The molecule has 1 saturated carbocycles. The van der Waals surface area contributed by atoms with Gasteiger partial charge in [-0.3, -0.25) is 0 Å². The van der Waals surface area contributed by atoms with Crippen molar-refractivity contribution in [3.63, 3.8) is 0 Å². The Bertz CT molecular complexity index is 915. The highest BCUT2D eigenvalue weighted by molar-refractivity contribution is 5.83. The van der Waals surface area contributed by atoms with Crippen LogP contribution in [0.4, 0.5) is 14.0 Å². The van der Waals surface area contributed by atoms with Gasteiger partial charge >= 0.3 is 12.1 Å². The van der Waals surface area contributed by atoms with E-state index in [-0.39, 0.29) is 30.0 Å². The van der Waals surface area contributed by atoms with E-state index in [0.29, 0.717) is 13.1 Å². The summed E-state index contributed by atoms with van der Waals surface area (Å²) in [5.74, 6) is -0.253. The molecular formula is C22H27FN4O2. The first-order valence-electron chi connectivity index (χ1n) is 10.3. The van der Waals surface area contributed by atoms with E-state index in [2.05, 4.69) is 10.6 Å². The number of hydrogen-bond acceptors (Lipinski definition) is 2. The Balaban J connectivity index is 1.41. The van der Waals surface area contributed by atoms with Crippen LogP contribution in [0.25, 0.3) is 10.8 Å². The molecule has 1 unspecified atom stereocenters. The predicted octanol–water partition coefficient (Wildman–Crippen LogP) is 3.46. The van der Waals surface area contributed by atoms with Crippen molar-refractivity contribution in [2.45, 2.75) is 44.3 Å². The van der Waals surface area contributed by atoms with Crippen molar-refractivity contribution in [3.8, 4) is 0 Å². The number of nitrogens with zero attached hydrogens (tertiary/aromatic N) is 2. The van der Waals surface area contributed by atoms with Crippen LogP contribution in [0.15, 0.2) is 36.4 Å². The zero-order valence-corrected chi connectivity index (χ0v) is 16.7. The van der Waals surface area contributed by atoms with Gasteiger partial charge in [-0.15, -0.1) is 0 Å². The molecule has 1 atom stereocenters. The van der Waals surface area contributed by atoms with Gasteiger partial charge < -0.3 is 20.4 Å². The molecule has 6 nitrogen and oxygen atoms in total. The SMILES string of the molecule is CNC(=O)N1CCCC(N(C(=O)NCc2ccc3cc(F)ccc3c2)C2CC2)C1. The van der Waals surface area contributed by atoms with Gasteiger partial charge in [0.15, 0.2) is 0 Å². The highest BCUT2D eigenvalue weighted by atomic mass is 19.1. The molecular weight excluding hydrogens is 371 g/mol. The number of rotatable bonds is 4. The Morgan fingerprint density at radius 3 is 2.62 bits per heavy atom. The first-order valence-corrected chi connectivity index (χ1v) is 10.3. The number of likely N-dealkylation sites (tertiary alicyclic amines) is 1. The minimum absolute atomic E-state index is 0.0492. The van der Waals surface area contributed by atoms with E-state index in [9.17, 15) is 14.0 Å². The average molecular weight is 398 g/mol. The third-order valence-corrected chi connectivity index (χ3v) is 5.78. The lowest BCUT2D eigenvalue weighted by molar-refractivity contribution is 0.116. The number of piperidine rings is 1. The molecule has 1 saturated heterocycles. The van der Waals surface area contributed by atoms with Crippen LogP contribution in [0.1, 0.15) is 31.2 Å². The molecule has 7 heteroatoms. The number of halogens is 1. The number of nitrogens with one attached hydrogen (secondary N) is 2. The Morgan fingerprint density at radius 1 is 1.10 bits per heavy atom. The van der Waals surface area contributed by atoms with E-state index >= 15 is 0 Å². The van der Waals surface area contributed by atoms with Crippen LogP contribution >= 0.6 is 0 Å². The summed E-state index contributed by atoms with van der Waals surface area (Å²) in [6, 6.07) is 10.6. The van der Waals surface area contributed by atoms with Gasteiger partial charge in [0.25, 0.3) is 0 Å². The summed E-state index contributed by atoms with van der Waals surface area (Å²) in [6.45, 7) is 1.72. The smallest absolute Gasteiger partial charge is 0.318 e. The van der Waals surface area contributed by atoms with Gasteiger partial charge in [0.1, 0.15) is 5.82 Å². The summed E-state index contributed by atoms with van der Waals surface area (Å²) < 4.78 is 13.3. The van der Waals surface area contributed by atoms with Crippen molar-refractivity contribution in [1.29, 1.82) is 0 Å². The molecule has 2 fully saturated rings. The summed E-state index contributed by atoms with van der Waals surface area (Å²) in [5.41, 5.74) is 0.976. The first-order chi connectivity index (χ1) is 14.0. The van der Waals surface area contributed by atoms with Gasteiger partial charge in [0.05, 0.1) is 6.04 Å². The van der Waals surface area contributed by atoms with E-state index in [0.717, 1.165) is 48.6 Å². The van der Waals surface area contributed by atoms with Crippen LogP contribution in [0.2, 0.25) is 0 Å². The zero-order chi connectivity index (χ0) is 20.4. The second-order valence-corrected chi connectivity index (χ2v) is 7.92. The minimum atomic E-state index is -0.253. The largest absolute Gasteiger partial charge is 0.341 e. The lowest BCUT2D eigenvalue weighted by Crippen LogP contribution is -2.56. The van der Waals surface area contributed by atoms with E-state index in [1.54, 1.807) is 18.0 Å². The summed E-state index contributed by atoms with van der Waals surface area (Å²) in [6.07, 6.45) is 3.85. The predicted molar refractivity (Wildman–Crippen MR) is 110 cm³/mol. The van der Waals surface area contributed by atoms with Gasteiger partial charge in [-0.1, -0.05) is 18.2 Å². The second kappa shape index (κ2) is 8.27. The molecule has 1 aliphatic heterocycles. The van der Waals surface area contributed by atoms with Gasteiger partial charge in [0.2, 0.25) is 0 Å². The van der Waals surface area contributed by atoms with E-state index in [4.69, 9.17) is 0 Å². The van der Waals surface area contributed by atoms with Crippen molar-refractivity contribution in [2.24, 2.45) is 0 Å². The number of amides is 4. The molecule has 0 bridgehead atoms. The number of benzene rings is 2. The summed E-state index contributed by atoms with van der Waals surface area (Å²) in [5, 5.41) is 7.52. The molecule has 29 heavy (non-hydrogen) atoms. The van der Waals surface area contributed by atoms with Crippen LogP contribution in [-0.2, 0) is 6.54 Å². The lowest BCUT2D eigenvalue weighted by Gasteiger charge is -2.39. The monoisotopic (exact) mass is 398 g/mol. The molecule has 4 rings (SSSR count). The van der Waals surface area contributed by atoms with E-state index < -0.39 is 0 Å². The Hall–Kier alpha value is -2.83. The molecule has 2 aromatic carbocycles. The quantitative estimate of drug-likeness (QED) is 0.829. The molecule has 0 radical (unpaired) electrons. The maximum atomic E-state index is 13.3. The van der Waals surface area contributed by atoms with Gasteiger partial charge in [-0.2, -0.15) is 0 Å². The van der Waals surface area contributed by atoms with Crippen molar-refractivity contribution in [3.05, 3.63) is 47.8 Å². The molecule has 1 heterocycles. The zero-order valence-electron chi connectivity index (χ0n) is 16.7. The summed E-state index contributed by atoms with van der Waals surface area (Å²) in [4.78, 5) is 28.7. The highest BCUT2D eigenvalue weighted by Gasteiger charge is 2.39. The lowest BCUT2D eigenvalue weighted by atomic mass is 10.0. The maximum Gasteiger partial charge on any atom is 0.318 e. The van der Waals surface area contributed by atoms with Crippen LogP contribution in [0.3, 0.4) is 0 Å². The molecule has 1 aliphatic carbocycles. The molecule has 0 spiro atoms. The van der Waals surface area contributed by atoms with Gasteiger partial charge in [0, 0.05) is 32.7 Å². The Morgan fingerprint density at radius 2 is 1.86 bits per heavy atom. The normalized spacial score (nSPS) is 19.1. The van der Waals surface area contributed by atoms with Crippen molar-refractivity contribution >= 4 is 22.8 Å². The first kappa shape index (κ1) is 19.5. The standard InChI is InChI=1S/C22H27FN4O2/c1-24-21(28)26-10-2-3-20(14-26)27(19-8-9-19)22(29)25-13-15-4-5-17-12-18(23)7-6-16(17)11-15/h4-7,11-12,19-20H,2-3,8-10,13-14H2,1H3,(H,24,28)(H,25,29). The number of hydrogen-bond donors (Lipinski definition) is 2. The van der Waals surface area contributed by atoms with Crippen LogP contribution < -0.4 is 10.6 Å². The minimum Gasteiger partial charge on any atom is -0.341 e. The van der Waals surface area contributed by atoms with Crippen LogP contribution in [0.5, 0.6) is 0 Å². The maximum absolute atomic E-state index is 13.3. The molecule has 2 aromatic rings. The van der Waals surface area contributed by atoms with E-state index in [1.165, 1.54) is 12.1 Å². The molecule has 4 amide bonds. The molecule has 2 aliphatic rings. The summed E-state index contributed by atoms with van der Waals surface area (Å²) >= 11 is 0. The topological polar surface area (TPSA) is 64.7 Å². The Kier molecular flexibility index (Phi) is 5.56. The summed E-state index contributed by atoms with van der Waals surface area (Å²) in [7, 11) is 1.63.